The minimum Gasteiger partial charge on any atom is -0.508 e. The number of rotatable bonds is 4. The van der Waals surface area contributed by atoms with Gasteiger partial charge in [0.05, 0.1) is 4.92 Å². The number of nitro benzene ring substituents is 1. The number of nitrogens with zero attached hydrogens (tertiary/aromatic N) is 2. The number of hydrogen-bond donors (Lipinski definition) is 2. The maximum absolute atomic E-state index is 10.9. The molecule has 6 nitrogen and oxygen atoms in total. The molecule has 6 heteroatoms. The zero-order chi connectivity index (χ0) is 14.1. The van der Waals surface area contributed by atoms with Gasteiger partial charge < -0.3 is 10.4 Å². The lowest BCUT2D eigenvalue weighted by Gasteiger charge is -2.35. The Morgan fingerprint density at radius 3 is 2.65 bits per heavy atom. The molecule has 0 amide bonds. The number of benzene rings is 1. The molecule has 1 aliphatic carbocycles. The van der Waals surface area contributed by atoms with Crippen molar-refractivity contribution < 1.29 is 10.0 Å². The van der Waals surface area contributed by atoms with Gasteiger partial charge in [0.15, 0.2) is 0 Å². The molecule has 0 bridgehead atoms. The predicted octanol–water partition coefficient (Wildman–Crippen LogP) is 1.66. The first-order valence-corrected chi connectivity index (χ1v) is 7.09. The maximum atomic E-state index is 10.9. The third kappa shape index (κ3) is 2.62. The molecule has 2 N–H and O–H groups in total. The molecule has 1 aromatic rings. The summed E-state index contributed by atoms with van der Waals surface area (Å²) in [7, 11) is 0. The fourth-order valence-corrected chi connectivity index (χ4v) is 3.01. The summed E-state index contributed by atoms with van der Waals surface area (Å²) in [6.45, 7) is 3.70. The van der Waals surface area contributed by atoms with Crippen molar-refractivity contribution in [2.75, 3.05) is 26.2 Å². The topological polar surface area (TPSA) is 78.6 Å². The maximum Gasteiger partial charge on any atom is 0.270 e. The number of nitro groups is 1. The molecule has 1 aromatic carbocycles. The van der Waals surface area contributed by atoms with Crippen LogP contribution in [0.2, 0.25) is 0 Å². The quantitative estimate of drug-likeness (QED) is 0.646. The van der Waals surface area contributed by atoms with E-state index in [0.29, 0.717) is 11.5 Å². The first kappa shape index (κ1) is 13.3. The monoisotopic (exact) mass is 277 g/mol. The Balaban J connectivity index is 1.94. The third-order valence-electron chi connectivity index (χ3n) is 4.15. The average molecular weight is 277 g/mol. The molecule has 2 aliphatic rings. The zero-order valence-electron chi connectivity index (χ0n) is 11.3. The van der Waals surface area contributed by atoms with Crippen LogP contribution in [0, 0.1) is 16.0 Å². The molecule has 0 spiro atoms. The van der Waals surface area contributed by atoms with E-state index in [0.717, 1.165) is 39.0 Å². The summed E-state index contributed by atoms with van der Waals surface area (Å²) < 4.78 is 0. The van der Waals surface area contributed by atoms with Crippen molar-refractivity contribution in [3.8, 4) is 5.75 Å². The normalized spacial score (nSPS) is 21.6. The Hall–Kier alpha value is -1.66. The van der Waals surface area contributed by atoms with Gasteiger partial charge in [0, 0.05) is 49.9 Å². The molecule has 20 heavy (non-hydrogen) atoms. The highest BCUT2D eigenvalue weighted by Gasteiger charge is 2.38. The highest BCUT2D eigenvalue weighted by molar-refractivity contribution is 5.45. The average Bonchev–Trinajstić information content (AvgIpc) is 3.27. The number of hydrogen-bond acceptors (Lipinski definition) is 5. The van der Waals surface area contributed by atoms with E-state index in [-0.39, 0.29) is 17.5 Å². The first-order chi connectivity index (χ1) is 9.66. The number of phenols is 1. The number of nitrogens with one attached hydrogen (secondary N) is 1. The summed E-state index contributed by atoms with van der Waals surface area (Å²) in [5, 5.41) is 24.4. The van der Waals surface area contributed by atoms with Gasteiger partial charge in [-0.25, -0.2) is 0 Å². The minimum atomic E-state index is -0.398. The molecule has 0 radical (unpaired) electrons. The van der Waals surface area contributed by atoms with Gasteiger partial charge >= 0.3 is 0 Å². The van der Waals surface area contributed by atoms with Gasteiger partial charge in [-0.2, -0.15) is 0 Å². The molecule has 1 heterocycles. The van der Waals surface area contributed by atoms with E-state index in [4.69, 9.17) is 0 Å². The molecule has 1 atom stereocenters. The Morgan fingerprint density at radius 2 is 2.05 bits per heavy atom. The van der Waals surface area contributed by atoms with Crippen LogP contribution in [-0.2, 0) is 0 Å². The van der Waals surface area contributed by atoms with Gasteiger partial charge in [-0.3, -0.25) is 15.0 Å². The summed E-state index contributed by atoms with van der Waals surface area (Å²) in [5.41, 5.74) is 0.766. The summed E-state index contributed by atoms with van der Waals surface area (Å²) in [4.78, 5) is 12.9. The van der Waals surface area contributed by atoms with E-state index in [1.54, 1.807) is 6.07 Å². The molecule has 1 saturated carbocycles. The molecule has 2 fully saturated rings. The zero-order valence-corrected chi connectivity index (χ0v) is 11.3. The van der Waals surface area contributed by atoms with E-state index in [2.05, 4.69) is 10.2 Å². The molecule has 108 valence electrons. The lowest BCUT2D eigenvalue weighted by Crippen LogP contribution is -2.45. The second-order valence-corrected chi connectivity index (χ2v) is 5.57. The largest absolute Gasteiger partial charge is 0.508 e. The van der Waals surface area contributed by atoms with Gasteiger partial charge in [0.25, 0.3) is 5.69 Å². The van der Waals surface area contributed by atoms with Gasteiger partial charge in [-0.1, -0.05) is 0 Å². The highest BCUT2D eigenvalue weighted by Crippen LogP contribution is 2.47. The van der Waals surface area contributed by atoms with Crippen LogP contribution in [0.1, 0.15) is 24.4 Å². The second kappa shape index (κ2) is 5.38. The number of aromatic hydroxyl groups is 1. The highest BCUT2D eigenvalue weighted by atomic mass is 16.6. The predicted molar refractivity (Wildman–Crippen MR) is 74.7 cm³/mol. The van der Waals surface area contributed by atoms with Crippen LogP contribution in [0.3, 0.4) is 0 Å². The Morgan fingerprint density at radius 1 is 1.35 bits per heavy atom. The SMILES string of the molecule is O=[N+]([O-])c1ccc(O)c([C@@H](C2CC2)N2CCNCC2)c1. The Labute approximate surface area is 117 Å². The molecule has 0 unspecified atom stereocenters. The van der Waals surface area contributed by atoms with Gasteiger partial charge in [-0.05, 0) is 24.8 Å². The molecule has 1 saturated heterocycles. The smallest absolute Gasteiger partial charge is 0.270 e. The van der Waals surface area contributed by atoms with Crippen LogP contribution >= 0.6 is 0 Å². The standard InChI is InChI=1S/C14H19N3O3/c18-13-4-3-11(17(19)20)9-12(13)14(10-1-2-10)16-7-5-15-6-8-16/h3-4,9-10,14-15,18H,1-2,5-8H2/t14-/m1/s1. The van der Waals surface area contributed by atoms with Crippen molar-refractivity contribution in [2.45, 2.75) is 18.9 Å². The van der Waals surface area contributed by atoms with E-state index < -0.39 is 4.92 Å². The lowest BCUT2D eigenvalue weighted by atomic mass is 9.98. The van der Waals surface area contributed by atoms with Crippen LogP contribution in [0.15, 0.2) is 18.2 Å². The van der Waals surface area contributed by atoms with Crippen molar-refractivity contribution in [1.82, 2.24) is 10.2 Å². The van der Waals surface area contributed by atoms with Crippen molar-refractivity contribution in [2.24, 2.45) is 5.92 Å². The molecular weight excluding hydrogens is 258 g/mol. The first-order valence-electron chi connectivity index (χ1n) is 7.09. The number of piperazine rings is 1. The van der Waals surface area contributed by atoms with E-state index >= 15 is 0 Å². The van der Waals surface area contributed by atoms with Crippen LogP contribution in [0.5, 0.6) is 5.75 Å². The van der Waals surface area contributed by atoms with Crippen molar-refractivity contribution in [3.05, 3.63) is 33.9 Å². The molecule has 1 aliphatic heterocycles. The van der Waals surface area contributed by atoms with Gasteiger partial charge in [0.2, 0.25) is 0 Å². The summed E-state index contributed by atoms with van der Waals surface area (Å²) in [6, 6.07) is 4.46. The minimum absolute atomic E-state index is 0.0542. The molecular formula is C14H19N3O3. The van der Waals surface area contributed by atoms with Crippen LogP contribution in [-0.4, -0.2) is 41.1 Å². The van der Waals surface area contributed by atoms with Crippen molar-refractivity contribution in [3.63, 3.8) is 0 Å². The molecule has 3 rings (SSSR count). The van der Waals surface area contributed by atoms with E-state index in [1.807, 2.05) is 0 Å². The summed E-state index contributed by atoms with van der Waals surface area (Å²) in [5.74, 6) is 0.687. The summed E-state index contributed by atoms with van der Waals surface area (Å²) >= 11 is 0. The Kier molecular flexibility index (Phi) is 3.58. The number of non-ortho nitro benzene ring substituents is 1. The van der Waals surface area contributed by atoms with Gasteiger partial charge in [0.1, 0.15) is 5.75 Å². The number of phenolic OH excluding ortho intramolecular Hbond substituents is 1. The van der Waals surface area contributed by atoms with Gasteiger partial charge in [-0.15, -0.1) is 0 Å². The summed E-state index contributed by atoms with van der Waals surface area (Å²) in [6.07, 6.45) is 2.27. The van der Waals surface area contributed by atoms with Crippen LogP contribution < -0.4 is 5.32 Å². The lowest BCUT2D eigenvalue weighted by molar-refractivity contribution is -0.385. The van der Waals surface area contributed by atoms with Crippen molar-refractivity contribution in [1.29, 1.82) is 0 Å². The molecule has 0 aromatic heterocycles. The second-order valence-electron chi connectivity index (χ2n) is 5.57. The van der Waals surface area contributed by atoms with E-state index in [1.165, 1.54) is 12.1 Å². The Bertz CT molecular complexity index is 510. The third-order valence-corrected chi connectivity index (χ3v) is 4.15. The fourth-order valence-electron chi connectivity index (χ4n) is 3.01. The van der Waals surface area contributed by atoms with Crippen LogP contribution in [0.25, 0.3) is 0 Å². The van der Waals surface area contributed by atoms with Crippen LogP contribution in [0.4, 0.5) is 5.69 Å². The fraction of sp³-hybridized carbons (Fsp3) is 0.571. The van der Waals surface area contributed by atoms with Crippen molar-refractivity contribution >= 4 is 5.69 Å². The van der Waals surface area contributed by atoms with E-state index in [9.17, 15) is 15.2 Å².